The van der Waals surface area contributed by atoms with Gasteiger partial charge in [-0.1, -0.05) is 30.3 Å². The number of hydrogen-bond acceptors (Lipinski definition) is 4. The van der Waals surface area contributed by atoms with Crippen molar-refractivity contribution in [1.29, 1.82) is 0 Å². The lowest BCUT2D eigenvalue weighted by Gasteiger charge is -2.28. The molecular formula is C16H20N2O2S. The average Bonchev–Trinajstić information content (AvgIpc) is 3.05. The maximum atomic E-state index is 11.9. The van der Waals surface area contributed by atoms with Crippen LogP contribution in [0.4, 0.5) is 0 Å². The van der Waals surface area contributed by atoms with Gasteiger partial charge in [0.2, 0.25) is 5.91 Å². The van der Waals surface area contributed by atoms with Gasteiger partial charge in [0.1, 0.15) is 0 Å². The number of nitrogens with zero attached hydrogens (tertiary/aromatic N) is 1. The molecule has 0 spiro atoms. The molecule has 4 bridgehead atoms. The maximum absolute atomic E-state index is 11.9. The van der Waals surface area contributed by atoms with Gasteiger partial charge in [-0.3, -0.25) is 9.63 Å². The van der Waals surface area contributed by atoms with Gasteiger partial charge in [0.15, 0.2) is 0 Å². The van der Waals surface area contributed by atoms with Crippen LogP contribution in [0.3, 0.4) is 0 Å². The fourth-order valence-electron chi connectivity index (χ4n) is 3.63. The highest BCUT2D eigenvalue weighted by Crippen LogP contribution is 2.42. The van der Waals surface area contributed by atoms with Crippen molar-refractivity contribution in [3.05, 3.63) is 35.9 Å². The second kappa shape index (κ2) is 5.63. The third kappa shape index (κ3) is 2.58. The number of nitrogens with one attached hydrogen (secondary N) is 1. The summed E-state index contributed by atoms with van der Waals surface area (Å²) in [5.41, 5.74) is 1.26. The molecule has 1 aromatic carbocycles. The minimum Gasteiger partial charge on any atom is -0.351 e. The molecule has 4 atom stereocenters. The molecule has 1 amide bonds. The van der Waals surface area contributed by atoms with Crippen LogP contribution in [-0.4, -0.2) is 40.2 Å². The fraction of sp³-hybridized carbons (Fsp3) is 0.562. The zero-order valence-corrected chi connectivity index (χ0v) is 12.7. The highest BCUT2D eigenvalue weighted by molar-refractivity contribution is 8.00. The predicted molar refractivity (Wildman–Crippen MR) is 82.7 cm³/mol. The van der Waals surface area contributed by atoms with Gasteiger partial charge >= 0.3 is 0 Å². The Morgan fingerprint density at radius 3 is 3.05 bits per heavy atom. The Kier molecular flexibility index (Phi) is 3.65. The Labute approximate surface area is 129 Å². The van der Waals surface area contributed by atoms with E-state index in [2.05, 4.69) is 34.6 Å². The Morgan fingerprint density at radius 2 is 2.19 bits per heavy atom. The average molecular weight is 304 g/mol. The lowest BCUT2D eigenvalue weighted by molar-refractivity contribution is -0.176. The molecular weight excluding hydrogens is 284 g/mol. The molecule has 112 valence electrons. The van der Waals surface area contributed by atoms with Gasteiger partial charge in [-0.15, -0.1) is 0 Å². The first-order valence-corrected chi connectivity index (χ1v) is 8.74. The van der Waals surface area contributed by atoms with Crippen molar-refractivity contribution in [2.24, 2.45) is 0 Å². The van der Waals surface area contributed by atoms with Crippen LogP contribution < -0.4 is 5.32 Å². The number of hydrogen-bond donors (Lipinski definition) is 1. The summed E-state index contributed by atoms with van der Waals surface area (Å²) in [6, 6.07) is 11.0. The minimum absolute atomic E-state index is 0.202. The zero-order valence-electron chi connectivity index (χ0n) is 11.9. The molecule has 0 aromatic heterocycles. The van der Waals surface area contributed by atoms with Crippen molar-refractivity contribution >= 4 is 17.7 Å². The zero-order chi connectivity index (χ0) is 14.2. The smallest absolute Gasteiger partial charge is 0.220 e. The molecule has 0 unspecified atom stereocenters. The van der Waals surface area contributed by atoms with E-state index in [1.807, 2.05) is 17.8 Å². The predicted octanol–water partition coefficient (Wildman–Crippen LogP) is 1.96. The summed E-state index contributed by atoms with van der Waals surface area (Å²) in [6.45, 7) is 0.797. The molecule has 3 aliphatic heterocycles. The van der Waals surface area contributed by atoms with E-state index in [9.17, 15) is 4.79 Å². The first-order valence-electron chi connectivity index (χ1n) is 7.69. The van der Waals surface area contributed by atoms with E-state index in [1.54, 1.807) is 0 Å². The summed E-state index contributed by atoms with van der Waals surface area (Å²) in [5, 5.41) is 5.84. The SMILES string of the molecule is O=C1CCC[C@H]2ON(Cc3ccccc3)[C@@H]3[C@H]2SC[C@H]3N1. The van der Waals surface area contributed by atoms with Crippen molar-refractivity contribution in [2.75, 3.05) is 5.75 Å². The van der Waals surface area contributed by atoms with Crippen LogP contribution in [0.1, 0.15) is 24.8 Å². The van der Waals surface area contributed by atoms with Crippen molar-refractivity contribution in [2.45, 2.75) is 49.2 Å². The summed E-state index contributed by atoms with van der Waals surface area (Å²) in [7, 11) is 0. The van der Waals surface area contributed by atoms with Gasteiger partial charge in [0.05, 0.1) is 23.4 Å². The van der Waals surface area contributed by atoms with Crippen LogP contribution in [0.5, 0.6) is 0 Å². The third-order valence-electron chi connectivity index (χ3n) is 4.61. The number of amides is 1. The highest BCUT2D eigenvalue weighted by Gasteiger charge is 2.52. The van der Waals surface area contributed by atoms with Gasteiger partial charge in [0.25, 0.3) is 0 Å². The van der Waals surface area contributed by atoms with Crippen LogP contribution >= 0.6 is 11.8 Å². The molecule has 4 rings (SSSR count). The van der Waals surface area contributed by atoms with Crippen molar-refractivity contribution in [3.8, 4) is 0 Å². The Hall–Kier alpha value is -1.04. The fourth-order valence-corrected chi connectivity index (χ4v) is 5.26. The third-order valence-corrected chi connectivity index (χ3v) is 6.13. The van der Waals surface area contributed by atoms with Gasteiger partial charge in [-0.25, -0.2) is 0 Å². The van der Waals surface area contributed by atoms with Crippen LogP contribution in [-0.2, 0) is 16.2 Å². The Morgan fingerprint density at radius 1 is 1.33 bits per heavy atom. The quantitative estimate of drug-likeness (QED) is 0.907. The monoisotopic (exact) mass is 304 g/mol. The van der Waals surface area contributed by atoms with Gasteiger partial charge in [-0.2, -0.15) is 16.8 Å². The van der Waals surface area contributed by atoms with E-state index in [4.69, 9.17) is 4.84 Å². The summed E-state index contributed by atoms with van der Waals surface area (Å²) in [6.07, 6.45) is 2.81. The molecule has 0 radical (unpaired) electrons. The Balaban J connectivity index is 1.57. The highest BCUT2D eigenvalue weighted by atomic mass is 32.2. The maximum Gasteiger partial charge on any atom is 0.220 e. The number of benzene rings is 1. The molecule has 3 aliphatic rings. The lowest BCUT2D eigenvalue weighted by atomic mass is 10.0. The number of carbonyl (C=O) groups excluding carboxylic acids is 1. The number of thioether (sulfide) groups is 1. The first-order chi connectivity index (χ1) is 10.3. The Bertz CT molecular complexity index is 524. The van der Waals surface area contributed by atoms with Crippen LogP contribution in [0.25, 0.3) is 0 Å². The topological polar surface area (TPSA) is 41.6 Å². The summed E-state index contributed by atoms with van der Waals surface area (Å²) in [4.78, 5) is 18.2. The summed E-state index contributed by atoms with van der Waals surface area (Å²) < 4.78 is 0. The molecule has 0 saturated carbocycles. The van der Waals surface area contributed by atoms with E-state index >= 15 is 0 Å². The van der Waals surface area contributed by atoms with E-state index in [1.165, 1.54) is 5.56 Å². The van der Waals surface area contributed by atoms with Gasteiger partial charge in [-0.05, 0) is 18.4 Å². The van der Waals surface area contributed by atoms with E-state index in [-0.39, 0.29) is 18.1 Å². The second-order valence-electron chi connectivity index (χ2n) is 6.06. The van der Waals surface area contributed by atoms with Gasteiger partial charge < -0.3 is 5.32 Å². The number of hydroxylamine groups is 2. The minimum atomic E-state index is 0.202. The summed E-state index contributed by atoms with van der Waals surface area (Å²) >= 11 is 1.96. The van der Waals surface area contributed by atoms with Crippen LogP contribution in [0.2, 0.25) is 0 Å². The molecule has 1 aromatic rings. The standard InChI is InChI=1S/C16H20N2O2S/c19-14-8-4-7-13-16-15(12(17-14)10-21-16)18(20-13)9-11-5-2-1-3-6-11/h1-3,5-6,12-13,15-16H,4,7-10H2,(H,17,19)/t12-,13-,15+,16+/m1/s1. The van der Waals surface area contributed by atoms with Crippen molar-refractivity contribution in [3.63, 3.8) is 0 Å². The van der Waals surface area contributed by atoms with Gasteiger partial charge in [0, 0.05) is 18.7 Å². The molecule has 3 heterocycles. The summed E-state index contributed by atoms with van der Waals surface area (Å²) in [5.74, 6) is 1.21. The van der Waals surface area contributed by atoms with E-state index in [0.717, 1.165) is 25.1 Å². The molecule has 21 heavy (non-hydrogen) atoms. The number of carbonyl (C=O) groups is 1. The van der Waals surface area contributed by atoms with Crippen molar-refractivity contribution < 1.29 is 9.63 Å². The number of rotatable bonds is 2. The van der Waals surface area contributed by atoms with E-state index < -0.39 is 0 Å². The molecule has 1 N–H and O–H groups in total. The molecule has 3 fully saturated rings. The normalized spacial score (nSPS) is 35.9. The van der Waals surface area contributed by atoms with Crippen LogP contribution in [0.15, 0.2) is 30.3 Å². The molecule has 3 saturated heterocycles. The molecule has 5 heteroatoms. The largest absolute Gasteiger partial charge is 0.351 e. The second-order valence-corrected chi connectivity index (χ2v) is 7.27. The lowest BCUT2D eigenvalue weighted by Crippen LogP contribution is -2.49. The molecule has 0 aliphatic carbocycles. The van der Waals surface area contributed by atoms with E-state index in [0.29, 0.717) is 17.7 Å². The van der Waals surface area contributed by atoms with Crippen LogP contribution in [0, 0.1) is 0 Å². The van der Waals surface area contributed by atoms with Crippen molar-refractivity contribution in [1.82, 2.24) is 10.4 Å². The first kappa shape index (κ1) is 13.6. The molecule has 4 nitrogen and oxygen atoms in total.